The molecule has 1 fully saturated rings. The molecule has 21 heavy (non-hydrogen) atoms. The first kappa shape index (κ1) is 15.1. The van der Waals surface area contributed by atoms with Crippen LogP contribution in [0.4, 0.5) is 0 Å². The first-order chi connectivity index (χ1) is 10.1. The van der Waals surface area contributed by atoms with E-state index in [0.717, 1.165) is 5.56 Å². The highest BCUT2D eigenvalue weighted by molar-refractivity contribution is 6.55. The fourth-order valence-corrected chi connectivity index (χ4v) is 1.92. The molecule has 0 aliphatic carbocycles. The lowest BCUT2D eigenvalue weighted by Crippen LogP contribution is -2.41. The fraction of sp³-hybridized carbons (Fsp3) is 0.286. The van der Waals surface area contributed by atoms with Gasteiger partial charge in [0.15, 0.2) is 0 Å². The average Bonchev–Trinajstić information content (AvgIpc) is 2.43. The van der Waals surface area contributed by atoms with Gasteiger partial charge in [0, 0.05) is 5.56 Å². The van der Waals surface area contributed by atoms with Crippen LogP contribution in [0.15, 0.2) is 30.2 Å². The number of rotatable bonds is 3. The highest BCUT2D eigenvalue weighted by Crippen LogP contribution is 2.19. The van der Waals surface area contributed by atoms with Crippen LogP contribution in [0.5, 0.6) is 5.75 Å². The normalized spacial score (nSPS) is 17.1. The van der Waals surface area contributed by atoms with Crippen LogP contribution in [0.1, 0.15) is 5.56 Å². The van der Waals surface area contributed by atoms with Crippen molar-refractivity contribution in [1.82, 2.24) is 4.90 Å². The van der Waals surface area contributed by atoms with Gasteiger partial charge in [-0.25, -0.2) is 0 Å². The highest BCUT2D eigenvalue weighted by Gasteiger charge is 2.29. The minimum atomic E-state index is -1.02. The van der Waals surface area contributed by atoms with Crippen LogP contribution in [-0.4, -0.2) is 51.2 Å². The number of hydrogen-bond donors (Lipinski definition) is 0. The molecule has 1 aromatic carbocycles. The van der Waals surface area contributed by atoms with Gasteiger partial charge in [0.05, 0.1) is 20.2 Å². The summed E-state index contributed by atoms with van der Waals surface area (Å²) in [5.41, 5.74) is 0.797. The third-order valence-electron chi connectivity index (χ3n) is 2.87. The molecule has 0 amide bonds. The van der Waals surface area contributed by atoms with Crippen molar-refractivity contribution in [1.29, 1.82) is 0 Å². The number of ether oxygens (including phenoxy) is 1. The predicted octanol–water partition coefficient (Wildman–Crippen LogP) is 0.768. The minimum Gasteiger partial charge on any atom is -0.496 e. The van der Waals surface area contributed by atoms with Crippen molar-refractivity contribution in [3.8, 4) is 5.75 Å². The van der Waals surface area contributed by atoms with Gasteiger partial charge in [-0.1, -0.05) is 24.3 Å². The number of likely N-dealkylation sites (N-methyl/N-ethyl adjacent to an activating group) is 1. The van der Waals surface area contributed by atoms with Gasteiger partial charge < -0.3 is 14.0 Å². The summed E-state index contributed by atoms with van der Waals surface area (Å²) in [6.07, 6.45) is 1.69. The molecule has 1 aliphatic heterocycles. The lowest BCUT2D eigenvalue weighted by atomic mass is 9.88. The van der Waals surface area contributed by atoms with E-state index >= 15 is 0 Å². The molecule has 0 unspecified atom stereocenters. The van der Waals surface area contributed by atoms with Gasteiger partial charge in [-0.3, -0.25) is 14.5 Å². The van der Waals surface area contributed by atoms with E-state index in [4.69, 9.17) is 14.0 Å². The number of methoxy groups -OCH3 is 1. The van der Waals surface area contributed by atoms with Gasteiger partial charge in [-0.15, -0.1) is 0 Å². The van der Waals surface area contributed by atoms with Crippen molar-refractivity contribution in [2.75, 3.05) is 27.2 Å². The Bertz CT molecular complexity index is 540. The number of nitrogens with zero attached hydrogens (tertiary/aromatic N) is 1. The molecule has 6 nitrogen and oxygen atoms in total. The monoisotopic (exact) mass is 289 g/mol. The summed E-state index contributed by atoms with van der Waals surface area (Å²) >= 11 is 0. The standard InChI is InChI=1S/C14H16BNO5/c1-16-9-13(17)20-15(21-14(18)10-16)8-7-11-5-3-4-6-12(11)19-2/h3-8H,9-10H2,1-2H3/b8-7+. The van der Waals surface area contributed by atoms with Crippen LogP contribution < -0.4 is 4.74 Å². The molecule has 7 heteroatoms. The Kier molecular flexibility index (Phi) is 5.00. The molecule has 0 bridgehead atoms. The summed E-state index contributed by atoms with van der Waals surface area (Å²) in [5.74, 6) is 1.30. The molecule has 0 radical (unpaired) electrons. The zero-order valence-electron chi connectivity index (χ0n) is 11.9. The molecule has 0 spiro atoms. The second-order valence-corrected chi connectivity index (χ2v) is 4.62. The minimum absolute atomic E-state index is 0.0497. The Morgan fingerprint density at radius 1 is 1.19 bits per heavy atom. The molecule has 110 valence electrons. The van der Waals surface area contributed by atoms with Crippen molar-refractivity contribution < 1.29 is 23.6 Å². The summed E-state index contributed by atoms with van der Waals surface area (Å²) in [5, 5.41) is 0. The van der Waals surface area contributed by atoms with Crippen molar-refractivity contribution in [3.63, 3.8) is 0 Å². The molecule has 0 N–H and O–H groups in total. The maximum atomic E-state index is 11.6. The van der Waals surface area contributed by atoms with E-state index < -0.39 is 19.1 Å². The Balaban J connectivity index is 2.11. The van der Waals surface area contributed by atoms with Crippen molar-refractivity contribution >= 4 is 25.1 Å². The van der Waals surface area contributed by atoms with E-state index in [2.05, 4.69) is 0 Å². The molecule has 2 rings (SSSR count). The smallest absolute Gasteiger partial charge is 0.496 e. The van der Waals surface area contributed by atoms with E-state index in [9.17, 15) is 9.59 Å². The quantitative estimate of drug-likeness (QED) is 0.766. The molecule has 1 saturated heterocycles. The van der Waals surface area contributed by atoms with E-state index in [1.54, 1.807) is 20.2 Å². The van der Waals surface area contributed by atoms with E-state index in [0.29, 0.717) is 5.75 Å². The van der Waals surface area contributed by atoms with E-state index in [1.807, 2.05) is 24.3 Å². The lowest BCUT2D eigenvalue weighted by Gasteiger charge is -2.21. The summed E-state index contributed by atoms with van der Waals surface area (Å²) in [6.45, 7) is 0.0994. The number of carbonyl (C=O) groups excluding carboxylic acids is 2. The Morgan fingerprint density at radius 2 is 1.81 bits per heavy atom. The molecule has 0 atom stereocenters. The maximum absolute atomic E-state index is 11.6. The van der Waals surface area contributed by atoms with Gasteiger partial charge >= 0.3 is 19.1 Å². The number of benzene rings is 1. The largest absolute Gasteiger partial charge is 0.628 e. The predicted molar refractivity (Wildman–Crippen MR) is 77.5 cm³/mol. The second kappa shape index (κ2) is 6.94. The van der Waals surface area contributed by atoms with Crippen molar-refractivity contribution in [2.45, 2.75) is 0 Å². The van der Waals surface area contributed by atoms with Gasteiger partial charge in [-0.2, -0.15) is 0 Å². The van der Waals surface area contributed by atoms with Gasteiger partial charge in [0.1, 0.15) is 5.75 Å². The van der Waals surface area contributed by atoms with Gasteiger partial charge in [-0.05, 0) is 19.1 Å². The maximum Gasteiger partial charge on any atom is 0.628 e. The van der Waals surface area contributed by atoms with Crippen molar-refractivity contribution in [2.24, 2.45) is 0 Å². The third-order valence-corrected chi connectivity index (χ3v) is 2.87. The molecular weight excluding hydrogens is 273 g/mol. The zero-order valence-corrected chi connectivity index (χ0v) is 11.9. The van der Waals surface area contributed by atoms with Crippen molar-refractivity contribution in [3.05, 3.63) is 35.8 Å². The van der Waals surface area contributed by atoms with Crippen LogP contribution in [-0.2, 0) is 18.9 Å². The first-order valence-electron chi connectivity index (χ1n) is 6.47. The molecule has 1 heterocycles. The van der Waals surface area contributed by atoms with E-state index in [-0.39, 0.29) is 13.1 Å². The summed E-state index contributed by atoms with van der Waals surface area (Å²) in [7, 11) is 2.19. The van der Waals surface area contributed by atoms with Crippen LogP contribution in [0, 0.1) is 0 Å². The van der Waals surface area contributed by atoms with E-state index in [1.165, 1.54) is 10.9 Å². The fourth-order valence-electron chi connectivity index (χ4n) is 1.92. The first-order valence-corrected chi connectivity index (χ1v) is 6.47. The highest BCUT2D eigenvalue weighted by atomic mass is 16.6. The van der Waals surface area contributed by atoms with Gasteiger partial charge in [0.2, 0.25) is 0 Å². The third kappa shape index (κ3) is 4.35. The van der Waals surface area contributed by atoms with Crippen LogP contribution in [0.2, 0.25) is 0 Å². The van der Waals surface area contributed by atoms with Crippen LogP contribution in [0.25, 0.3) is 6.08 Å². The summed E-state index contributed by atoms with van der Waals surface area (Å²) < 4.78 is 15.4. The SMILES string of the molecule is COc1ccccc1/C=C/B1OC(=O)CN(C)CC(=O)O1. The topological polar surface area (TPSA) is 65.1 Å². The van der Waals surface area contributed by atoms with Crippen LogP contribution >= 0.6 is 0 Å². The second-order valence-electron chi connectivity index (χ2n) is 4.62. The average molecular weight is 289 g/mol. The Morgan fingerprint density at radius 3 is 2.43 bits per heavy atom. The Labute approximate surface area is 123 Å². The molecule has 0 saturated carbocycles. The van der Waals surface area contributed by atoms with Crippen LogP contribution in [0.3, 0.4) is 0 Å². The lowest BCUT2D eigenvalue weighted by molar-refractivity contribution is -0.145. The number of hydrogen-bond acceptors (Lipinski definition) is 6. The summed E-state index contributed by atoms with van der Waals surface area (Å²) in [6, 6.07) is 7.36. The number of carbonyl (C=O) groups is 2. The molecule has 1 aromatic rings. The van der Waals surface area contributed by atoms with Gasteiger partial charge in [0.25, 0.3) is 0 Å². The summed E-state index contributed by atoms with van der Waals surface area (Å²) in [4.78, 5) is 24.7. The molecule has 1 aliphatic rings. The molecular formula is C14H16BNO5. The Hall–Kier alpha value is -2.28. The zero-order chi connectivity index (χ0) is 15.2. The number of para-hydroxylation sites is 1. The molecule has 0 aromatic heterocycles.